The zero-order chi connectivity index (χ0) is 22.6. The number of rotatable bonds is 4. The number of carbonyl (C=O) groups is 1. The lowest BCUT2D eigenvalue weighted by Gasteiger charge is -2.49. The smallest absolute Gasteiger partial charge is 0.260 e. The van der Waals surface area contributed by atoms with Crippen LogP contribution in [0.5, 0.6) is 0 Å². The zero-order valence-corrected chi connectivity index (χ0v) is 19.5. The van der Waals surface area contributed by atoms with Crippen molar-refractivity contribution in [3.8, 4) is 0 Å². The van der Waals surface area contributed by atoms with Crippen LogP contribution >= 0.6 is 0 Å². The van der Waals surface area contributed by atoms with Gasteiger partial charge in [0.25, 0.3) is 5.91 Å². The number of amides is 1. The molecule has 3 aliphatic heterocycles. The summed E-state index contributed by atoms with van der Waals surface area (Å²) in [5, 5.41) is 0. The topological polar surface area (TPSA) is 32.8 Å². The van der Waals surface area contributed by atoms with E-state index in [0.717, 1.165) is 77.9 Å². The zero-order valence-electron chi connectivity index (χ0n) is 19.5. The largest absolute Gasteiger partial charge is 0.381 e. The summed E-state index contributed by atoms with van der Waals surface area (Å²) in [6.45, 7) is 5.23. The van der Waals surface area contributed by atoms with Gasteiger partial charge in [-0.2, -0.15) is 0 Å². The molecule has 1 atom stereocenters. The van der Waals surface area contributed by atoms with E-state index in [1.54, 1.807) is 17.0 Å². The van der Waals surface area contributed by atoms with Gasteiger partial charge in [-0.3, -0.25) is 4.79 Å². The SMILES string of the molecule is O=C(N1CC2(CC[C@@H](N3CCC(c4cc(F)ccc4C4CCOCC4)CC3)C2)C1)C1(F)CC1. The molecule has 0 N–H and O–H groups in total. The molecule has 1 aromatic carbocycles. The Hall–Kier alpha value is -1.53. The number of alkyl halides is 1. The third-order valence-corrected chi connectivity index (χ3v) is 9.28. The lowest BCUT2D eigenvalue weighted by Crippen LogP contribution is -2.60. The molecule has 1 amide bonds. The van der Waals surface area contributed by atoms with Crippen LogP contribution in [0.15, 0.2) is 18.2 Å². The second kappa shape index (κ2) is 8.30. The molecular weight excluding hydrogens is 422 g/mol. The summed E-state index contributed by atoms with van der Waals surface area (Å²) in [7, 11) is 0. The molecule has 3 saturated heterocycles. The van der Waals surface area contributed by atoms with Crippen LogP contribution in [0.25, 0.3) is 0 Å². The van der Waals surface area contributed by atoms with Gasteiger partial charge in [-0.15, -0.1) is 0 Å². The first-order chi connectivity index (χ1) is 15.9. The number of piperidine rings is 1. The average Bonchev–Trinajstić information content (AvgIpc) is 3.41. The number of ether oxygens (including phenoxy) is 1. The molecule has 0 unspecified atom stereocenters. The third kappa shape index (κ3) is 4.12. The highest BCUT2D eigenvalue weighted by Crippen LogP contribution is 2.51. The minimum atomic E-state index is -1.53. The molecule has 2 saturated carbocycles. The van der Waals surface area contributed by atoms with Crippen LogP contribution in [-0.4, -0.2) is 66.8 Å². The second-order valence-corrected chi connectivity index (χ2v) is 11.5. The van der Waals surface area contributed by atoms with Crippen LogP contribution < -0.4 is 0 Å². The monoisotopic (exact) mass is 458 g/mol. The molecule has 6 rings (SSSR count). The molecular formula is C27H36F2N2O2. The van der Waals surface area contributed by atoms with E-state index in [1.807, 2.05) is 6.07 Å². The molecule has 4 nitrogen and oxygen atoms in total. The number of hydrogen-bond acceptors (Lipinski definition) is 3. The van der Waals surface area contributed by atoms with E-state index >= 15 is 0 Å². The van der Waals surface area contributed by atoms with Crippen LogP contribution in [0.3, 0.4) is 0 Å². The maximum Gasteiger partial charge on any atom is 0.260 e. The lowest BCUT2D eigenvalue weighted by atomic mass is 9.77. The van der Waals surface area contributed by atoms with Crippen LogP contribution in [0.4, 0.5) is 8.78 Å². The minimum Gasteiger partial charge on any atom is -0.381 e. The van der Waals surface area contributed by atoms with Gasteiger partial charge in [0.05, 0.1) is 0 Å². The summed E-state index contributed by atoms with van der Waals surface area (Å²) in [5.74, 6) is 0.547. The second-order valence-electron chi connectivity index (χ2n) is 11.5. The fourth-order valence-corrected chi connectivity index (χ4v) is 7.14. The first-order valence-corrected chi connectivity index (χ1v) is 13.0. The highest BCUT2D eigenvalue weighted by Gasteiger charge is 2.58. The Morgan fingerprint density at radius 3 is 2.33 bits per heavy atom. The van der Waals surface area contributed by atoms with E-state index in [4.69, 9.17) is 4.74 Å². The number of halogens is 2. The van der Waals surface area contributed by atoms with Crippen molar-refractivity contribution in [1.82, 2.24) is 9.80 Å². The van der Waals surface area contributed by atoms with Gasteiger partial charge in [0.15, 0.2) is 5.67 Å². The number of hydrogen-bond donors (Lipinski definition) is 0. The quantitative estimate of drug-likeness (QED) is 0.651. The maximum absolute atomic E-state index is 14.2. The van der Waals surface area contributed by atoms with E-state index in [-0.39, 0.29) is 17.1 Å². The first kappa shape index (κ1) is 22.0. The average molecular weight is 459 g/mol. The van der Waals surface area contributed by atoms with Gasteiger partial charge in [-0.1, -0.05) is 6.07 Å². The van der Waals surface area contributed by atoms with E-state index in [1.165, 1.54) is 17.5 Å². The predicted molar refractivity (Wildman–Crippen MR) is 122 cm³/mol. The highest BCUT2D eigenvalue weighted by molar-refractivity contribution is 5.88. The molecule has 0 radical (unpaired) electrons. The molecule has 3 heterocycles. The molecule has 6 heteroatoms. The molecule has 1 spiro atoms. The summed E-state index contributed by atoms with van der Waals surface area (Å²) in [4.78, 5) is 16.7. The standard InChI is InChI=1S/C27H36F2N2O2/c28-21-1-2-23(20-6-13-33-14-7-20)24(15-21)19-4-11-30(12-5-19)22-3-8-26(16-22)17-31(18-26)25(32)27(29)9-10-27/h1-2,15,19-20,22H,3-14,16-18H2/t22-/m1/s1. The summed E-state index contributed by atoms with van der Waals surface area (Å²) >= 11 is 0. The summed E-state index contributed by atoms with van der Waals surface area (Å²) in [5.41, 5.74) is 1.28. The van der Waals surface area contributed by atoms with Crippen LogP contribution in [0, 0.1) is 11.2 Å². The number of benzene rings is 1. The Morgan fingerprint density at radius 2 is 1.64 bits per heavy atom. The van der Waals surface area contributed by atoms with Gasteiger partial charge in [-0.25, -0.2) is 8.78 Å². The molecule has 2 aliphatic carbocycles. The molecule has 5 aliphatic rings. The van der Waals surface area contributed by atoms with Gasteiger partial charge >= 0.3 is 0 Å². The number of likely N-dealkylation sites (tertiary alicyclic amines) is 2. The Balaban J connectivity index is 1.05. The van der Waals surface area contributed by atoms with E-state index in [9.17, 15) is 13.6 Å². The fraction of sp³-hybridized carbons (Fsp3) is 0.741. The van der Waals surface area contributed by atoms with Crippen molar-refractivity contribution in [3.05, 3.63) is 35.1 Å². The minimum absolute atomic E-state index is 0.119. The summed E-state index contributed by atoms with van der Waals surface area (Å²) in [6, 6.07) is 6.03. The van der Waals surface area contributed by atoms with Gasteiger partial charge < -0.3 is 14.5 Å². The molecule has 0 bridgehead atoms. The normalized spacial score (nSPS) is 29.9. The van der Waals surface area contributed by atoms with Gasteiger partial charge in [0, 0.05) is 37.8 Å². The van der Waals surface area contributed by atoms with Gasteiger partial charge in [0.2, 0.25) is 0 Å². The van der Waals surface area contributed by atoms with E-state index < -0.39 is 5.67 Å². The highest BCUT2D eigenvalue weighted by atomic mass is 19.1. The van der Waals surface area contributed by atoms with Crippen molar-refractivity contribution in [2.75, 3.05) is 39.4 Å². The summed E-state index contributed by atoms with van der Waals surface area (Å²) < 4.78 is 33.9. The molecule has 1 aromatic rings. The van der Waals surface area contributed by atoms with E-state index in [2.05, 4.69) is 4.90 Å². The van der Waals surface area contributed by atoms with Crippen molar-refractivity contribution >= 4 is 5.91 Å². The Kier molecular flexibility index (Phi) is 5.52. The number of carbonyl (C=O) groups excluding carboxylic acids is 1. The van der Waals surface area contributed by atoms with Crippen molar-refractivity contribution in [3.63, 3.8) is 0 Å². The van der Waals surface area contributed by atoms with Gasteiger partial charge in [0.1, 0.15) is 5.82 Å². The van der Waals surface area contributed by atoms with Gasteiger partial charge in [-0.05, 0) is 106 Å². The molecule has 33 heavy (non-hydrogen) atoms. The van der Waals surface area contributed by atoms with Crippen molar-refractivity contribution in [2.24, 2.45) is 5.41 Å². The molecule has 180 valence electrons. The number of nitrogens with zero attached hydrogens (tertiary/aromatic N) is 2. The Morgan fingerprint density at radius 1 is 0.939 bits per heavy atom. The van der Waals surface area contributed by atoms with Crippen molar-refractivity contribution in [2.45, 2.75) is 81.3 Å². The third-order valence-electron chi connectivity index (χ3n) is 9.28. The first-order valence-electron chi connectivity index (χ1n) is 13.0. The van der Waals surface area contributed by atoms with Crippen LogP contribution in [0.1, 0.15) is 80.8 Å². The van der Waals surface area contributed by atoms with Crippen LogP contribution in [0.2, 0.25) is 0 Å². The maximum atomic E-state index is 14.2. The predicted octanol–water partition coefficient (Wildman–Crippen LogP) is 4.78. The lowest BCUT2D eigenvalue weighted by molar-refractivity contribution is -0.150. The molecule has 0 aromatic heterocycles. The van der Waals surface area contributed by atoms with Crippen molar-refractivity contribution < 1.29 is 18.3 Å². The fourth-order valence-electron chi connectivity index (χ4n) is 7.14. The molecule has 5 fully saturated rings. The Bertz CT molecular complexity index is 897. The van der Waals surface area contributed by atoms with Crippen molar-refractivity contribution in [1.29, 1.82) is 0 Å². The van der Waals surface area contributed by atoms with Crippen LogP contribution in [-0.2, 0) is 9.53 Å². The summed E-state index contributed by atoms with van der Waals surface area (Å²) in [6.07, 6.45) is 8.52. The Labute approximate surface area is 195 Å². The van der Waals surface area contributed by atoms with E-state index in [0.29, 0.717) is 30.7 Å².